The van der Waals surface area contributed by atoms with E-state index in [9.17, 15) is 18.8 Å². The zero-order valence-corrected chi connectivity index (χ0v) is 16.2. The molecule has 1 saturated heterocycles. The molecule has 6 nitrogen and oxygen atoms in total. The highest BCUT2D eigenvalue weighted by atomic mass is 19.1. The van der Waals surface area contributed by atoms with Crippen molar-refractivity contribution in [1.29, 1.82) is 0 Å². The Morgan fingerprint density at radius 3 is 2.83 bits per heavy atom. The number of anilines is 2. The molecule has 2 aliphatic heterocycles. The lowest BCUT2D eigenvalue weighted by molar-refractivity contribution is -0.124. The molecule has 0 saturated carbocycles. The van der Waals surface area contributed by atoms with E-state index in [1.54, 1.807) is 6.07 Å². The largest absolute Gasteiger partial charge is 0.327 e. The second-order valence-corrected chi connectivity index (χ2v) is 7.34. The van der Waals surface area contributed by atoms with Gasteiger partial charge in [0, 0.05) is 12.2 Å². The molecule has 0 bridgehead atoms. The summed E-state index contributed by atoms with van der Waals surface area (Å²) in [5, 5.41) is 2.80. The first-order valence-electron chi connectivity index (χ1n) is 9.78. The standard InChI is InChI=1S/C22H22FN3O3/c1-2-14-5-3-6-16(11-14)24-20(27)13-26-19-12-15(23)8-9-17(19)21(28)25-10-4-7-18(25)22(26)29/h3,5-6,8-9,11-12,18H,2,4,7,10,13H2,1H3,(H,24,27). The van der Waals surface area contributed by atoms with Gasteiger partial charge in [0.1, 0.15) is 18.4 Å². The summed E-state index contributed by atoms with van der Waals surface area (Å²) in [6.07, 6.45) is 2.10. The monoisotopic (exact) mass is 395 g/mol. The molecule has 29 heavy (non-hydrogen) atoms. The van der Waals surface area contributed by atoms with Crippen LogP contribution in [0, 0.1) is 5.82 Å². The van der Waals surface area contributed by atoms with Crippen LogP contribution >= 0.6 is 0 Å². The molecule has 1 fully saturated rings. The van der Waals surface area contributed by atoms with Gasteiger partial charge in [-0.3, -0.25) is 14.4 Å². The van der Waals surface area contributed by atoms with Crippen LogP contribution in [0.25, 0.3) is 0 Å². The van der Waals surface area contributed by atoms with Crippen LogP contribution < -0.4 is 10.2 Å². The molecule has 0 radical (unpaired) electrons. The van der Waals surface area contributed by atoms with Crippen LogP contribution in [0.4, 0.5) is 15.8 Å². The molecule has 3 amide bonds. The number of nitrogens with one attached hydrogen (secondary N) is 1. The molecule has 2 heterocycles. The quantitative estimate of drug-likeness (QED) is 0.865. The average molecular weight is 395 g/mol. The van der Waals surface area contributed by atoms with Gasteiger partial charge in [-0.25, -0.2) is 4.39 Å². The maximum atomic E-state index is 13.9. The fourth-order valence-corrected chi connectivity index (χ4v) is 4.01. The summed E-state index contributed by atoms with van der Waals surface area (Å²) in [7, 11) is 0. The third-order valence-electron chi connectivity index (χ3n) is 5.47. The van der Waals surface area contributed by atoms with E-state index in [-0.39, 0.29) is 29.6 Å². The Morgan fingerprint density at radius 2 is 2.03 bits per heavy atom. The van der Waals surface area contributed by atoms with Crippen molar-refractivity contribution in [3.05, 3.63) is 59.4 Å². The summed E-state index contributed by atoms with van der Waals surface area (Å²) in [6.45, 7) is 2.21. The van der Waals surface area contributed by atoms with Gasteiger partial charge in [-0.1, -0.05) is 19.1 Å². The second-order valence-electron chi connectivity index (χ2n) is 7.34. The van der Waals surface area contributed by atoms with Crippen LogP contribution in [-0.2, 0) is 16.0 Å². The summed E-state index contributed by atoms with van der Waals surface area (Å²) in [5.41, 5.74) is 2.10. The van der Waals surface area contributed by atoms with Gasteiger partial charge in [-0.15, -0.1) is 0 Å². The maximum absolute atomic E-state index is 13.9. The molecule has 4 rings (SSSR count). The van der Waals surface area contributed by atoms with Crippen LogP contribution in [-0.4, -0.2) is 41.8 Å². The number of rotatable bonds is 4. The van der Waals surface area contributed by atoms with E-state index < -0.39 is 17.8 Å². The Bertz CT molecular complexity index is 991. The fourth-order valence-electron chi connectivity index (χ4n) is 4.01. The first-order chi connectivity index (χ1) is 14.0. The smallest absolute Gasteiger partial charge is 0.256 e. The van der Waals surface area contributed by atoms with Crippen LogP contribution in [0.3, 0.4) is 0 Å². The van der Waals surface area contributed by atoms with Crippen molar-refractivity contribution in [3.63, 3.8) is 0 Å². The Labute approximate surface area is 168 Å². The summed E-state index contributed by atoms with van der Waals surface area (Å²) in [5.74, 6) is -1.61. The Balaban J connectivity index is 1.64. The lowest BCUT2D eigenvalue weighted by atomic mass is 10.1. The van der Waals surface area contributed by atoms with E-state index >= 15 is 0 Å². The molecule has 2 aliphatic rings. The maximum Gasteiger partial charge on any atom is 0.256 e. The molecule has 7 heteroatoms. The highest BCUT2D eigenvalue weighted by molar-refractivity contribution is 6.13. The lowest BCUT2D eigenvalue weighted by Crippen LogP contribution is -2.47. The van der Waals surface area contributed by atoms with E-state index in [2.05, 4.69) is 5.32 Å². The van der Waals surface area contributed by atoms with Gasteiger partial charge >= 0.3 is 0 Å². The first kappa shape index (κ1) is 19.1. The van der Waals surface area contributed by atoms with Gasteiger partial charge < -0.3 is 15.1 Å². The predicted molar refractivity (Wildman–Crippen MR) is 107 cm³/mol. The highest BCUT2D eigenvalue weighted by Crippen LogP contribution is 2.33. The number of amides is 3. The molecule has 1 N–H and O–H groups in total. The Hall–Kier alpha value is -3.22. The first-order valence-corrected chi connectivity index (χ1v) is 9.78. The van der Waals surface area contributed by atoms with E-state index in [1.165, 1.54) is 21.9 Å². The van der Waals surface area contributed by atoms with Crippen molar-refractivity contribution in [1.82, 2.24) is 4.90 Å². The molecule has 2 aromatic rings. The molecule has 0 aromatic heterocycles. The van der Waals surface area contributed by atoms with E-state index in [0.29, 0.717) is 18.7 Å². The van der Waals surface area contributed by atoms with Crippen molar-refractivity contribution in [2.24, 2.45) is 0 Å². The number of fused-ring (bicyclic) bond motifs is 2. The number of hydrogen-bond donors (Lipinski definition) is 1. The van der Waals surface area contributed by atoms with Crippen LogP contribution in [0.15, 0.2) is 42.5 Å². The molecule has 1 unspecified atom stereocenters. The number of hydrogen-bond acceptors (Lipinski definition) is 3. The van der Waals surface area contributed by atoms with E-state index in [1.807, 2.05) is 25.1 Å². The lowest BCUT2D eigenvalue weighted by Gasteiger charge is -2.25. The minimum Gasteiger partial charge on any atom is -0.327 e. The molecule has 2 aromatic carbocycles. The number of benzene rings is 2. The summed E-state index contributed by atoms with van der Waals surface area (Å²) < 4.78 is 13.9. The topological polar surface area (TPSA) is 69.7 Å². The number of halogens is 1. The third-order valence-corrected chi connectivity index (χ3v) is 5.47. The van der Waals surface area contributed by atoms with Crippen LogP contribution in [0.2, 0.25) is 0 Å². The van der Waals surface area contributed by atoms with Gasteiger partial charge in [0.25, 0.3) is 5.91 Å². The van der Waals surface area contributed by atoms with E-state index in [4.69, 9.17) is 0 Å². The van der Waals surface area contributed by atoms with Crippen molar-refractivity contribution < 1.29 is 18.8 Å². The number of aryl methyl sites for hydroxylation is 1. The van der Waals surface area contributed by atoms with Crippen LogP contribution in [0.5, 0.6) is 0 Å². The minimum absolute atomic E-state index is 0.145. The SMILES string of the molecule is CCc1cccc(NC(=O)CN2C(=O)C3CCCN3C(=O)c3ccc(F)cc32)c1. The van der Waals surface area contributed by atoms with E-state index in [0.717, 1.165) is 24.5 Å². The third kappa shape index (κ3) is 3.60. The fraction of sp³-hybridized carbons (Fsp3) is 0.318. The van der Waals surface area contributed by atoms with Crippen molar-refractivity contribution in [2.75, 3.05) is 23.3 Å². The zero-order chi connectivity index (χ0) is 20.5. The van der Waals surface area contributed by atoms with Crippen LogP contribution in [0.1, 0.15) is 35.7 Å². The minimum atomic E-state index is -0.616. The summed E-state index contributed by atoms with van der Waals surface area (Å²) in [4.78, 5) is 41.5. The number of carbonyl (C=O) groups is 3. The van der Waals surface area contributed by atoms with Gasteiger partial charge in [0.05, 0.1) is 11.3 Å². The summed E-state index contributed by atoms with van der Waals surface area (Å²) >= 11 is 0. The van der Waals surface area contributed by atoms with Gasteiger partial charge in [-0.05, 0) is 55.2 Å². The molecule has 0 aliphatic carbocycles. The Morgan fingerprint density at radius 1 is 1.21 bits per heavy atom. The summed E-state index contributed by atoms with van der Waals surface area (Å²) in [6, 6.07) is 10.6. The van der Waals surface area contributed by atoms with Gasteiger partial charge in [0.15, 0.2) is 0 Å². The van der Waals surface area contributed by atoms with Gasteiger partial charge in [0.2, 0.25) is 11.8 Å². The average Bonchev–Trinajstić information content (AvgIpc) is 3.18. The van der Waals surface area contributed by atoms with Crippen molar-refractivity contribution in [2.45, 2.75) is 32.2 Å². The van der Waals surface area contributed by atoms with Crippen molar-refractivity contribution >= 4 is 29.1 Å². The molecular weight excluding hydrogens is 373 g/mol. The van der Waals surface area contributed by atoms with Crippen molar-refractivity contribution in [3.8, 4) is 0 Å². The zero-order valence-electron chi connectivity index (χ0n) is 16.2. The highest BCUT2D eigenvalue weighted by Gasteiger charge is 2.42. The second kappa shape index (κ2) is 7.66. The predicted octanol–water partition coefficient (Wildman–Crippen LogP) is 2.98. The Kier molecular flexibility index (Phi) is 5.05. The van der Waals surface area contributed by atoms with Gasteiger partial charge in [-0.2, -0.15) is 0 Å². The molecular formula is C22H22FN3O3. The number of nitrogens with zero attached hydrogens (tertiary/aromatic N) is 2. The number of carbonyl (C=O) groups excluding carboxylic acids is 3. The molecule has 150 valence electrons. The normalized spacial score (nSPS) is 18.3. The molecule has 0 spiro atoms. The molecule has 1 atom stereocenters.